The number of halogens is 1. The fourth-order valence-electron chi connectivity index (χ4n) is 3.72. The lowest BCUT2D eigenvalue weighted by Crippen LogP contribution is -2.33. The van der Waals surface area contributed by atoms with E-state index in [-0.39, 0.29) is 18.0 Å². The molecule has 4 rings (SSSR count). The maximum atomic E-state index is 13.4. The summed E-state index contributed by atoms with van der Waals surface area (Å²) in [5.41, 5.74) is 1.66. The van der Waals surface area contributed by atoms with E-state index >= 15 is 0 Å². The number of aryl methyl sites for hydroxylation is 2. The first kappa shape index (κ1) is 20.1. The highest BCUT2D eigenvalue weighted by Gasteiger charge is 2.23. The highest BCUT2D eigenvalue weighted by molar-refractivity contribution is 7.18. The van der Waals surface area contributed by atoms with Crippen molar-refractivity contribution in [3.63, 3.8) is 0 Å². The smallest absolute Gasteiger partial charge is 0.263 e. The largest absolute Gasteiger partial charge is 0.325 e. The Bertz CT molecular complexity index is 1120. The minimum Gasteiger partial charge on any atom is -0.325 e. The SMILES string of the molecule is CN(C)Cc1nc2sc3c(c2c(=O)n1CC(=O)Nc1ccc(Cl)cc1)CCCC3. The van der Waals surface area contributed by atoms with Gasteiger partial charge in [-0.1, -0.05) is 11.6 Å². The molecule has 0 fully saturated rings. The van der Waals surface area contributed by atoms with Crippen molar-refractivity contribution in [3.05, 3.63) is 55.9 Å². The first-order valence-corrected chi connectivity index (χ1v) is 10.9. The van der Waals surface area contributed by atoms with Gasteiger partial charge >= 0.3 is 0 Å². The number of carbonyl (C=O) groups is 1. The maximum absolute atomic E-state index is 13.4. The monoisotopic (exact) mass is 430 g/mol. The van der Waals surface area contributed by atoms with Gasteiger partial charge in [-0.3, -0.25) is 14.2 Å². The molecule has 1 aromatic carbocycles. The van der Waals surface area contributed by atoms with E-state index in [4.69, 9.17) is 16.6 Å². The molecule has 1 amide bonds. The van der Waals surface area contributed by atoms with Crippen LogP contribution >= 0.6 is 22.9 Å². The second-order valence-electron chi connectivity index (χ2n) is 7.60. The Morgan fingerprint density at radius 3 is 2.69 bits per heavy atom. The van der Waals surface area contributed by atoms with Crippen molar-refractivity contribution in [2.24, 2.45) is 0 Å². The average molecular weight is 431 g/mol. The summed E-state index contributed by atoms with van der Waals surface area (Å²) in [6.07, 6.45) is 4.17. The summed E-state index contributed by atoms with van der Waals surface area (Å²) in [6.45, 7) is 0.417. The van der Waals surface area contributed by atoms with Gasteiger partial charge in [-0.25, -0.2) is 4.98 Å². The van der Waals surface area contributed by atoms with Crippen molar-refractivity contribution in [2.75, 3.05) is 19.4 Å². The number of amides is 1. The summed E-state index contributed by atoms with van der Waals surface area (Å²) < 4.78 is 1.52. The van der Waals surface area contributed by atoms with E-state index in [0.29, 0.717) is 28.5 Å². The van der Waals surface area contributed by atoms with Crippen LogP contribution in [0.3, 0.4) is 0 Å². The Balaban J connectivity index is 1.72. The fraction of sp³-hybridized carbons (Fsp3) is 0.381. The van der Waals surface area contributed by atoms with Crippen molar-refractivity contribution in [3.8, 4) is 0 Å². The number of hydrogen-bond donors (Lipinski definition) is 1. The van der Waals surface area contributed by atoms with Gasteiger partial charge in [0, 0.05) is 15.6 Å². The number of rotatable bonds is 5. The molecule has 0 spiro atoms. The lowest BCUT2D eigenvalue weighted by molar-refractivity contribution is -0.116. The Morgan fingerprint density at radius 1 is 1.24 bits per heavy atom. The number of nitrogens with zero attached hydrogens (tertiary/aromatic N) is 3. The van der Waals surface area contributed by atoms with Gasteiger partial charge < -0.3 is 10.2 Å². The Hall–Kier alpha value is -2.22. The molecule has 0 aliphatic heterocycles. The number of aromatic nitrogens is 2. The molecule has 152 valence electrons. The van der Waals surface area contributed by atoms with E-state index in [9.17, 15) is 9.59 Å². The second kappa shape index (κ2) is 8.26. The normalized spacial score (nSPS) is 13.7. The zero-order valence-electron chi connectivity index (χ0n) is 16.5. The predicted molar refractivity (Wildman–Crippen MR) is 118 cm³/mol. The van der Waals surface area contributed by atoms with Crippen molar-refractivity contribution in [1.29, 1.82) is 0 Å². The molecule has 0 unspecified atom stereocenters. The summed E-state index contributed by atoms with van der Waals surface area (Å²) in [6, 6.07) is 6.90. The second-order valence-corrected chi connectivity index (χ2v) is 9.12. The summed E-state index contributed by atoms with van der Waals surface area (Å²) in [5, 5.41) is 4.14. The molecule has 29 heavy (non-hydrogen) atoms. The van der Waals surface area contributed by atoms with Crippen LogP contribution in [0.1, 0.15) is 29.1 Å². The fourth-order valence-corrected chi connectivity index (χ4v) is 5.12. The molecule has 0 saturated carbocycles. The molecular weight excluding hydrogens is 408 g/mol. The molecule has 3 aromatic rings. The van der Waals surface area contributed by atoms with Gasteiger partial charge in [-0.05, 0) is 69.6 Å². The number of fused-ring (bicyclic) bond motifs is 3. The van der Waals surface area contributed by atoms with Crippen LogP contribution < -0.4 is 10.9 Å². The quantitative estimate of drug-likeness (QED) is 0.670. The van der Waals surface area contributed by atoms with Crippen molar-refractivity contribution in [1.82, 2.24) is 14.5 Å². The highest BCUT2D eigenvalue weighted by atomic mass is 35.5. The van der Waals surface area contributed by atoms with Crippen LogP contribution in [0.5, 0.6) is 0 Å². The zero-order chi connectivity index (χ0) is 20.5. The lowest BCUT2D eigenvalue weighted by atomic mass is 9.97. The van der Waals surface area contributed by atoms with Crippen LogP contribution in [0.2, 0.25) is 5.02 Å². The first-order chi connectivity index (χ1) is 13.9. The molecule has 8 heteroatoms. The van der Waals surface area contributed by atoms with Gasteiger partial charge in [0.25, 0.3) is 5.56 Å². The number of anilines is 1. The van der Waals surface area contributed by atoms with Crippen molar-refractivity contribution >= 4 is 44.7 Å². The van der Waals surface area contributed by atoms with Crippen LogP contribution in [0.4, 0.5) is 5.69 Å². The van der Waals surface area contributed by atoms with Crippen molar-refractivity contribution in [2.45, 2.75) is 38.8 Å². The number of benzene rings is 1. The van der Waals surface area contributed by atoms with E-state index in [2.05, 4.69) is 5.32 Å². The molecule has 1 aliphatic carbocycles. The van der Waals surface area contributed by atoms with E-state index < -0.39 is 0 Å². The van der Waals surface area contributed by atoms with Gasteiger partial charge in [0.15, 0.2) is 0 Å². The minimum absolute atomic E-state index is 0.0712. The molecule has 0 atom stereocenters. The number of thiophene rings is 1. The van der Waals surface area contributed by atoms with Crippen LogP contribution in [0.25, 0.3) is 10.2 Å². The third-order valence-electron chi connectivity index (χ3n) is 5.04. The first-order valence-electron chi connectivity index (χ1n) is 9.66. The van der Waals surface area contributed by atoms with Crippen LogP contribution in [0, 0.1) is 0 Å². The summed E-state index contributed by atoms with van der Waals surface area (Å²) in [4.78, 5) is 34.9. The Morgan fingerprint density at radius 2 is 1.97 bits per heavy atom. The predicted octanol–water partition coefficient (Wildman–Crippen LogP) is 3.69. The number of carbonyl (C=O) groups excluding carboxylic acids is 1. The van der Waals surface area contributed by atoms with Gasteiger partial charge in [0.2, 0.25) is 5.91 Å². The molecule has 0 radical (unpaired) electrons. The highest BCUT2D eigenvalue weighted by Crippen LogP contribution is 2.33. The van der Waals surface area contributed by atoms with E-state index in [0.717, 1.165) is 36.1 Å². The lowest BCUT2D eigenvalue weighted by Gasteiger charge is -2.16. The maximum Gasteiger partial charge on any atom is 0.263 e. The summed E-state index contributed by atoms with van der Waals surface area (Å²) in [7, 11) is 3.85. The van der Waals surface area contributed by atoms with E-state index in [1.54, 1.807) is 35.6 Å². The molecule has 0 saturated heterocycles. The van der Waals surface area contributed by atoms with Crippen LogP contribution in [-0.4, -0.2) is 34.5 Å². The third-order valence-corrected chi connectivity index (χ3v) is 6.48. The third kappa shape index (κ3) is 4.22. The molecule has 6 nitrogen and oxygen atoms in total. The van der Waals surface area contributed by atoms with E-state index in [1.165, 1.54) is 9.44 Å². The molecule has 2 heterocycles. The van der Waals surface area contributed by atoms with Gasteiger partial charge in [-0.15, -0.1) is 11.3 Å². The summed E-state index contributed by atoms with van der Waals surface area (Å²) >= 11 is 7.53. The molecule has 1 aliphatic rings. The number of nitrogens with one attached hydrogen (secondary N) is 1. The molecular formula is C21H23ClN4O2S. The van der Waals surface area contributed by atoms with Gasteiger partial charge in [-0.2, -0.15) is 0 Å². The summed E-state index contributed by atoms with van der Waals surface area (Å²) in [5.74, 6) is 0.344. The minimum atomic E-state index is -0.264. The topological polar surface area (TPSA) is 67.2 Å². The van der Waals surface area contributed by atoms with Gasteiger partial charge in [0.05, 0.1) is 11.9 Å². The van der Waals surface area contributed by atoms with Crippen LogP contribution in [0.15, 0.2) is 29.1 Å². The Labute approximate surface area is 178 Å². The number of hydrogen-bond acceptors (Lipinski definition) is 5. The van der Waals surface area contributed by atoms with E-state index in [1.807, 2.05) is 19.0 Å². The Kier molecular flexibility index (Phi) is 5.72. The molecule has 1 N–H and O–H groups in total. The van der Waals surface area contributed by atoms with Gasteiger partial charge in [0.1, 0.15) is 17.2 Å². The standard InChI is InChI=1S/C21H23ClN4O2S/c1-25(2)11-17-24-20-19(15-5-3-4-6-16(15)29-20)21(28)26(17)12-18(27)23-14-9-7-13(22)8-10-14/h7-10H,3-6,11-12H2,1-2H3,(H,23,27). The zero-order valence-corrected chi connectivity index (χ0v) is 18.1. The van der Waals surface area contributed by atoms with Crippen LogP contribution in [-0.2, 0) is 30.7 Å². The van der Waals surface area contributed by atoms with Crippen molar-refractivity contribution < 1.29 is 4.79 Å². The molecule has 0 bridgehead atoms. The molecule has 2 aromatic heterocycles. The average Bonchev–Trinajstić information content (AvgIpc) is 3.04.